The van der Waals surface area contributed by atoms with Crippen molar-refractivity contribution in [3.63, 3.8) is 0 Å². The second-order valence-electron chi connectivity index (χ2n) is 9.08. The van der Waals surface area contributed by atoms with Gasteiger partial charge in [0, 0.05) is 33.3 Å². The van der Waals surface area contributed by atoms with E-state index >= 15 is 0 Å². The minimum atomic E-state index is -0.0189. The van der Waals surface area contributed by atoms with Crippen LogP contribution >= 0.6 is 0 Å². The van der Waals surface area contributed by atoms with Crippen LogP contribution in [0.4, 0.5) is 0 Å². The lowest BCUT2D eigenvalue weighted by atomic mass is 9.82. The lowest BCUT2D eigenvalue weighted by Crippen LogP contribution is -2.15. The summed E-state index contributed by atoms with van der Waals surface area (Å²) in [7, 11) is 0. The van der Waals surface area contributed by atoms with Gasteiger partial charge in [-0.05, 0) is 52.6 Å². The van der Waals surface area contributed by atoms with E-state index in [2.05, 4.69) is 97.3 Å². The summed E-state index contributed by atoms with van der Waals surface area (Å²) < 4.78 is 8.13. The number of rotatable bonds is 1. The molecule has 2 heteroatoms. The topological polar surface area (TPSA) is 18.1 Å². The van der Waals surface area contributed by atoms with Crippen molar-refractivity contribution >= 4 is 32.8 Å². The van der Waals surface area contributed by atoms with Gasteiger partial charge >= 0.3 is 0 Å². The monoisotopic (exact) mass is 399 g/mol. The molecule has 0 fully saturated rings. The Hall–Kier alpha value is -3.78. The van der Waals surface area contributed by atoms with E-state index < -0.39 is 0 Å². The Balaban J connectivity index is 1.57. The summed E-state index contributed by atoms with van der Waals surface area (Å²) in [6, 6.07) is 30.9. The van der Waals surface area contributed by atoms with Gasteiger partial charge in [0.1, 0.15) is 5.58 Å². The van der Waals surface area contributed by atoms with Crippen molar-refractivity contribution in [3.8, 4) is 16.8 Å². The van der Waals surface area contributed by atoms with Crippen LogP contribution in [0.3, 0.4) is 0 Å². The van der Waals surface area contributed by atoms with Gasteiger partial charge in [-0.15, -0.1) is 0 Å². The van der Waals surface area contributed by atoms with E-state index in [1.54, 1.807) is 6.26 Å². The molecule has 31 heavy (non-hydrogen) atoms. The van der Waals surface area contributed by atoms with E-state index in [4.69, 9.17) is 4.42 Å². The fraction of sp³-hybridized carbons (Fsp3) is 0.103. The van der Waals surface area contributed by atoms with E-state index in [1.165, 1.54) is 49.7 Å². The molecule has 0 bridgehead atoms. The average molecular weight is 399 g/mol. The van der Waals surface area contributed by atoms with Crippen molar-refractivity contribution in [2.24, 2.45) is 0 Å². The fourth-order valence-electron chi connectivity index (χ4n) is 5.54. The first-order chi connectivity index (χ1) is 15.1. The van der Waals surface area contributed by atoms with Gasteiger partial charge in [0.25, 0.3) is 0 Å². The predicted octanol–water partition coefficient (Wildman–Crippen LogP) is 7.84. The minimum Gasteiger partial charge on any atom is -0.464 e. The third-order valence-electron chi connectivity index (χ3n) is 7.07. The van der Waals surface area contributed by atoms with Crippen LogP contribution in [0, 0.1) is 0 Å². The van der Waals surface area contributed by atoms with Gasteiger partial charge in [-0.2, -0.15) is 0 Å². The van der Waals surface area contributed by atoms with E-state index in [9.17, 15) is 0 Å². The molecule has 0 aliphatic heterocycles. The summed E-state index contributed by atoms with van der Waals surface area (Å²) in [5, 5.41) is 3.66. The lowest BCUT2D eigenvalue weighted by molar-refractivity contribution is 0.616. The zero-order chi connectivity index (χ0) is 20.7. The Morgan fingerprint density at radius 2 is 1.48 bits per heavy atom. The molecule has 2 nitrogen and oxygen atoms in total. The number of aromatic nitrogens is 1. The number of hydrogen-bond donors (Lipinski definition) is 0. The molecule has 7 rings (SSSR count). The number of furan rings is 1. The Labute approximate surface area is 180 Å². The Morgan fingerprint density at radius 3 is 2.42 bits per heavy atom. The van der Waals surface area contributed by atoms with Crippen molar-refractivity contribution in [3.05, 3.63) is 102 Å². The summed E-state index contributed by atoms with van der Waals surface area (Å²) in [6.07, 6.45) is 1.77. The summed E-state index contributed by atoms with van der Waals surface area (Å²) in [5.74, 6) is 0. The van der Waals surface area contributed by atoms with Crippen LogP contribution in [0.15, 0.2) is 95.6 Å². The summed E-state index contributed by atoms with van der Waals surface area (Å²) in [5.41, 5.74) is 9.98. The van der Waals surface area contributed by atoms with Crippen LogP contribution in [0.1, 0.15) is 25.0 Å². The normalized spacial score (nSPS) is 14.4. The summed E-state index contributed by atoms with van der Waals surface area (Å²) in [4.78, 5) is 0. The SMILES string of the molecule is CC1(C)c2ccccc2-c2ccc(-n3c4ccccc4c4cc5ccoc5cc43)cc21. The smallest absolute Gasteiger partial charge is 0.135 e. The number of hydrogen-bond acceptors (Lipinski definition) is 1. The van der Waals surface area contributed by atoms with Crippen molar-refractivity contribution in [1.82, 2.24) is 4.57 Å². The highest BCUT2D eigenvalue weighted by molar-refractivity contribution is 6.13. The third-order valence-corrected chi connectivity index (χ3v) is 7.07. The Bertz CT molecular complexity index is 1660. The van der Waals surface area contributed by atoms with Crippen molar-refractivity contribution in [2.45, 2.75) is 19.3 Å². The fourth-order valence-corrected chi connectivity index (χ4v) is 5.54. The van der Waals surface area contributed by atoms with Crippen LogP contribution in [-0.4, -0.2) is 4.57 Å². The molecule has 4 aromatic carbocycles. The number of para-hydroxylation sites is 1. The molecule has 1 aliphatic carbocycles. The molecule has 6 aromatic rings. The van der Waals surface area contributed by atoms with Gasteiger partial charge < -0.3 is 8.98 Å². The first kappa shape index (κ1) is 17.0. The molecule has 0 N–H and O–H groups in total. The predicted molar refractivity (Wildman–Crippen MR) is 128 cm³/mol. The van der Waals surface area contributed by atoms with Crippen molar-refractivity contribution < 1.29 is 4.42 Å². The average Bonchev–Trinajstić information content (AvgIpc) is 3.44. The molecule has 0 amide bonds. The van der Waals surface area contributed by atoms with Crippen LogP contribution < -0.4 is 0 Å². The maximum absolute atomic E-state index is 5.75. The zero-order valence-electron chi connectivity index (χ0n) is 17.5. The van der Waals surface area contributed by atoms with Crippen LogP contribution in [0.2, 0.25) is 0 Å². The third kappa shape index (κ3) is 2.12. The second-order valence-corrected chi connectivity index (χ2v) is 9.08. The maximum Gasteiger partial charge on any atom is 0.135 e. The van der Waals surface area contributed by atoms with Crippen LogP contribution in [0.25, 0.3) is 49.6 Å². The Kier molecular flexibility index (Phi) is 3.10. The largest absolute Gasteiger partial charge is 0.464 e. The molecule has 0 unspecified atom stereocenters. The first-order valence-electron chi connectivity index (χ1n) is 10.8. The van der Waals surface area contributed by atoms with Gasteiger partial charge in [0.05, 0.1) is 17.3 Å². The molecule has 0 saturated carbocycles. The van der Waals surface area contributed by atoms with Gasteiger partial charge in [0.15, 0.2) is 0 Å². The van der Waals surface area contributed by atoms with Gasteiger partial charge in [-0.25, -0.2) is 0 Å². The molecule has 2 aromatic heterocycles. The number of benzene rings is 4. The van der Waals surface area contributed by atoms with E-state index in [0.717, 1.165) is 11.0 Å². The van der Waals surface area contributed by atoms with Crippen LogP contribution in [-0.2, 0) is 5.41 Å². The lowest BCUT2D eigenvalue weighted by Gasteiger charge is -2.22. The minimum absolute atomic E-state index is 0.0189. The van der Waals surface area contributed by atoms with E-state index in [0.29, 0.717) is 0 Å². The molecule has 148 valence electrons. The molecule has 0 radical (unpaired) electrons. The van der Waals surface area contributed by atoms with E-state index in [1.807, 2.05) is 6.07 Å². The standard InChI is InChI=1S/C29H21NO/c1-29(2)24-9-5-3-7-20(24)21-12-11-19(16-25(21)29)30-26-10-6-4-8-22(26)23-15-18-13-14-31-28(18)17-27(23)30/h3-17H,1-2H3. The number of nitrogens with zero attached hydrogens (tertiary/aromatic N) is 1. The quantitative estimate of drug-likeness (QED) is 0.275. The molecule has 0 atom stereocenters. The molecule has 1 aliphatic rings. The van der Waals surface area contributed by atoms with E-state index in [-0.39, 0.29) is 5.41 Å². The first-order valence-corrected chi connectivity index (χ1v) is 10.8. The highest BCUT2D eigenvalue weighted by Crippen LogP contribution is 2.49. The second kappa shape index (κ2) is 5.67. The van der Waals surface area contributed by atoms with Crippen LogP contribution in [0.5, 0.6) is 0 Å². The van der Waals surface area contributed by atoms with Gasteiger partial charge in [-0.1, -0.05) is 62.4 Å². The molecular weight excluding hydrogens is 378 g/mol. The Morgan fingerprint density at radius 1 is 0.677 bits per heavy atom. The zero-order valence-corrected chi connectivity index (χ0v) is 17.5. The molecular formula is C29H21NO. The summed E-state index contributed by atoms with van der Waals surface area (Å²) in [6.45, 7) is 4.67. The highest BCUT2D eigenvalue weighted by atomic mass is 16.3. The van der Waals surface area contributed by atoms with Gasteiger partial charge in [-0.3, -0.25) is 0 Å². The maximum atomic E-state index is 5.75. The van der Waals surface area contributed by atoms with Gasteiger partial charge in [0.2, 0.25) is 0 Å². The highest BCUT2D eigenvalue weighted by Gasteiger charge is 2.35. The molecule has 0 saturated heterocycles. The number of fused-ring (bicyclic) bond motifs is 7. The molecule has 2 heterocycles. The summed E-state index contributed by atoms with van der Waals surface area (Å²) >= 11 is 0. The van der Waals surface area contributed by atoms with Crippen molar-refractivity contribution in [2.75, 3.05) is 0 Å². The molecule has 0 spiro atoms. The van der Waals surface area contributed by atoms with Crippen molar-refractivity contribution in [1.29, 1.82) is 0 Å².